The third-order valence-corrected chi connectivity index (χ3v) is 7.17. The molecule has 0 saturated carbocycles. The lowest BCUT2D eigenvalue weighted by molar-refractivity contribution is -0.0133. The van der Waals surface area contributed by atoms with Crippen molar-refractivity contribution in [1.29, 1.82) is 0 Å². The average molecular weight is 348 g/mol. The van der Waals surface area contributed by atoms with E-state index in [4.69, 9.17) is 9.47 Å². The number of benzene rings is 1. The number of likely N-dealkylation sites (tertiary alicyclic amines) is 1. The van der Waals surface area contributed by atoms with Crippen LogP contribution < -0.4 is 0 Å². The zero-order valence-corrected chi connectivity index (χ0v) is 15.5. The van der Waals surface area contributed by atoms with Gasteiger partial charge in [-0.1, -0.05) is 29.8 Å². The Kier molecular flexibility index (Phi) is 5.18. The Balaban J connectivity index is 1.20. The van der Waals surface area contributed by atoms with Crippen molar-refractivity contribution >= 4 is 11.8 Å². The fraction of sp³-hybridized carbons (Fsp3) is 0.700. The number of rotatable bonds is 5. The highest BCUT2D eigenvalue weighted by Gasteiger charge is 2.49. The summed E-state index contributed by atoms with van der Waals surface area (Å²) in [6.45, 7) is 8.51. The van der Waals surface area contributed by atoms with Crippen LogP contribution in [0, 0.1) is 12.8 Å². The predicted octanol–water partition coefficient (Wildman–Crippen LogP) is 3.50. The summed E-state index contributed by atoms with van der Waals surface area (Å²) in [4.78, 5) is 2.59. The van der Waals surface area contributed by atoms with Gasteiger partial charge in [0.25, 0.3) is 0 Å². The van der Waals surface area contributed by atoms with Crippen LogP contribution in [0.5, 0.6) is 0 Å². The van der Waals surface area contributed by atoms with Gasteiger partial charge >= 0.3 is 0 Å². The maximum absolute atomic E-state index is 6.25. The molecule has 1 spiro atoms. The van der Waals surface area contributed by atoms with E-state index < -0.39 is 0 Å². The van der Waals surface area contributed by atoms with Crippen LogP contribution >= 0.6 is 11.8 Å². The Morgan fingerprint density at radius 2 is 2.12 bits per heavy atom. The van der Waals surface area contributed by atoms with Crippen LogP contribution in [0.3, 0.4) is 0 Å². The highest BCUT2D eigenvalue weighted by Crippen LogP contribution is 2.46. The zero-order valence-electron chi connectivity index (χ0n) is 14.7. The first-order chi connectivity index (χ1) is 11.7. The normalized spacial score (nSPS) is 27.5. The van der Waals surface area contributed by atoms with Crippen LogP contribution in [0.4, 0.5) is 0 Å². The topological polar surface area (TPSA) is 21.7 Å². The highest BCUT2D eigenvalue weighted by molar-refractivity contribution is 8.01. The molecule has 132 valence electrons. The van der Waals surface area contributed by atoms with Crippen LogP contribution in [0.2, 0.25) is 0 Å². The van der Waals surface area contributed by atoms with Gasteiger partial charge in [0.05, 0.1) is 6.10 Å². The van der Waals surface area contributed by atoms with Crippen molar-refractivity contribution in [2.45, 2.75) is 43.6 Å². The highest BCUT2D eigenvalue weighted by atomic mass is 32.2. The van der Waals surface area contributed by atoms with Crippen LogP contribution in [0.25, 0.3) is 0 Å². The number of aryl methyl sites for hydroxylation is 1. The smallest absolute Gasteiger partial charge is 0.0680 e. The molecule has 0 aromatic heterocycles. The molecule has 0 bridgehead atoms. The Morgan fingerprint density at radius 1 is 1.29 bits per heavy atom. The zero-order chi connectivity index (χ0) is 16.4. The van der Waals surface area contributed by atoms with Gasteiger partial charge < -0.3 is 9.47 Å². The lowest BCUT2D eigenvalue weighted by atomic mass is 9.92. The third kappa shape index (κ3) is 3.98. The van der Waals surface area contributed by atoms with Gasteiger partial charge in [-0.2, -0.15) is 0 Å². The Bertz CT molecular complexity index is 552. The lowest BCUT2D eigenvalue weighted by Crippen LogP contribution is -2.58. The Morgan fingerprint density at radius 3 is 2.92 bits per heavy atom. The largest absolute Gasteiger partial charge is 0.381 e. The van der Waals surface area contributed by atoms with E-state index in [1.807, 2.05) is 0 Å². The van der Waals surface area contributed by atoms with Crippen LogP contribution in [0.15, 0.2) is 24.3 Å². The van der Waals surface area contributed by atoms with Crippen molar-refractivity contribution in [1.82, 2.24) is 4.90 Å². The fourth-order valence-corrected chi connectivity index (χ4v) is 5.87. The maximum Gasteiger partial charge on any atom is 0.0680 e. The van der Waals surface area contributed by atoms with Crippen molar-refractivity contribution in [3.8, 4) is 0 Å². The van der Waals surface area contributed by atoms with Gasteiger partial charge in [-0.25, -0.2) is 0 Å². The molecule has 4 rings (SSSR count). The molecule has 1 aromatic rings. The number of ether oxygens (including phenoxy) is 2. The summed E-state index contributed by atoms with van der Waals surface area (Å²) in [5, 5.41) is 0. The summed E-state index contributed by atoms with van der Waals surface area (Å²) in [5.74, 6) is 1.90. The van der Waals surface area contributed by atoms with E-state index in [-0.39, 0.29) is 0 Å². The molecule has 0 aliphatic carbocycles. The SMILES string of the molecule is Cc1cccc(CN2CC3(C[C@H](OCC4CCOCC4)CS3)C2)c1. The maximum atomic E-state index is 6.25. The van der Waals surface area contributed by atoms with Crippen LogP contribution in [-0.2, 0) is 16.0 Å². The Labute approximate surface area is 150 Å². The fourth-order valence-electron chi connectivity index (χ4n) is 4.26. The van der Waals surface area contributed by atoms with Crippen molar-refractivity contribution < 1.29 is 9.47 Å². The van der Waals surface area contributed by atoms with Gasteiger partial charge in [0, 0.05) is 50.0 Å². The van der Waals surface area contributed by atoms with Crippen molar-refractivity contribution in [3.63, 3.8) is 0 Å². The van der Waals surface area contributed by atoms with Crippen molar-refractivity contribution in [2.75, 3.05) is 38.7 Å². The average Bonchev–Trinajstić information content (AvgIpc) is 2.98. The van der Waals surface area contributed by atoms with Gasteiger partial charge in [0.15, 0.2) is 0 Å². The molecule has 3 heterocycles. The third-order valence-electron chi connectivity index (χ3n) is 5.60. The van der Waals surface area contributed by atoms with Gasteiger partial charge in [-0.3, -0.25) is 4.90 Å². The van der Waals surface area contributed by atoms with Gasteiger partial charge in [0.1, 0.15) is 0 Å². The second kappa shape index (κ2) is 7.36. The molecule has 3 aliphatic heterocycles. The summed E-state index contributed by atoms with van der Waals surface area (Å²) in [6, 6.07) is 8.91. The van der Waals surface area contributed by atoms with E-state index >= 15 is 0 Å². The second-order valence-electron chi connectivity index (χ2n) is 7.84. The molecule has 1 atom stereocenters. The quantitative estimate of drug-likeness (QED) is 0.813. The minimum Gasteiger partial charge on any atom is -0.381 e. The molecule has 0 unspecified atom stereocenters. The second-order valence-corrected chi connectivity index (χ2v) is 9.33. The van der Waals surface area contributed by atoms with Crippen molar-refractivity contribution in [3.05, 3.63) is 35.4 Å². The van der Waals surface area contributed by atoms with Gasteiger partial charge in [0.2, 0.25) is 0 Å². The summed E-state index contributed by atoms with van der Waals surface area (Å²) >= 11 is 2.15. The van der Waals surface area contributed by atoms with Crippen LogP contribution in [-0.4, -0.2) is 54.4 Å². The first-order valence-electron chi connectivity index (χ1n) is 9.32. The molecular weight excluding hydrogens is 318 g/mol. The summed E-state index contributed by atoms with van der Waals surface area (Å²) in [5.41, 5.74) is 2.81. The number of hydrogen-bond acceptors (Lipinski definition) is 4. The monoisotopic (exact) mass is 347 g/mol. The number of thioether (sulfide) groups is 1. The van der Waals surface area contributed by atoms with Gasteiger partial charge in [-0.15, -0.1) is 11.8 Å². The summed E-state index contributed by atoms with van der Waals surface area (Å²) in [6.07, 6.45) is 4.06. The van der Waals surface area contributed by atoms with E-state index in [1.165, 1.54) is 49.2 Å². The molecule has 3 saturated heterocycles. The van der Waals surface area contributed by atoms with Crippen molar-refractivity contribution in [2.24, 2.45) is 5.92 Å². The standard InChI is InChI=1S/C20H29NO2S/c1-16-3-2-4-18(9-16)11-21-14-20(15-21)10-19(13-24-20)23-12-17-5-7-22-8-6-17/h2-4,9,17,19H,5-8,10-15H2,1H3/t19-/m0/s1. The van der Waals surface area contributed by atoms with Gasteiger partial charge in [-0.05, 0) is 37.7 Å². The molecule has 3 nitrogen and oxygen atoms in total. The molecule has 0 radical (unpaired) electrons. The Hall–Kier alpha value is -0.550. The molecule has 3 aliphatic rings. The summed E-state index contributed by atoms with van der Waals surface area (Å²) in [7, 11) is 0. The molecule has 4 heteroatoms. The minimum atomic E-state index is 0.471. The first kappa shape index (κ1) is 16.9. The van der Waals surface area contributed by atoms with E-state index in [1.54, 1.807) is 0 Å². The molecule has 24 heavy (non-hydrogen) atoms. The molecular formula is C20H29NO2S. The molecule has 0 amide bonds. The molecule has 0 N–H and O–H groups in total. The van der Waals surface area contributed by atoms with Crippen LogP contribution in [0.1, 0.15) is 30.4 Å². The lowest BCUT2D eigenvalue weighted by Gasteiger charge is -2.47. The first-order valence-corrected chi connectivity index (χ1v) is 10.3. The minimum absolute atomic E-state index is 0.471. The summed E-state index contributed by atoms with van der Waals surface area (Å²) < 4.78 is 12.2. The molecule has 3 fully saturated rings. The van der Waals surface area contributed by atoms with E-state index in [0.29, 0.717) is 10.9 Å². The predicted molar refractivity (Wildman–Crippen MR) is 99.5 cm³/mol. The number of hydrogen-bond donors (Lipinski definition) is 0. The van der Waals surface area contributed by atoms with E-state index in [9.17, 15) is 0 Å². The molecule has 1 aromatic carbocycles. The number of nitrogens with zero attached hydrogens (tertiary/aromatic N) is 1. The van der Waals surface area contributed by atoms with E-state index in [0.717, 1.165) is 32.3 Å². The van der Waals surface area contributed by atoms with E-state index in [2.05, 4.69) is 47.9 Å².